The average molecular weight is 445 g/mol. The van der Waals surface area contributed by atoms with Crippen molar-refractivity contribution in [2.75, 3.05) is 6.54 Å². The van der Waals surface area contributed by atoms with E-state index >= 15 is 0 Å². The smallest absolute Gasteiger partial charge is 0.303 e. The summed E-state index contributed by atoms with van der Waals surface area (Å²) in [6.07, 6.45) is -0.170. The minimum Gasteiger partial charge on any atom is -0.507 e. The summed E-state index contributed by atoms with van der Waals surface area (Å²) in [7, 11) is 0. The van der Waals surface area contributed by atoms with E-state index in [-0.39, 0.29) is 41.8 Å². The number of hydrogen-bond acceptors (Lipinski definition) is 6. The normalized spacial score (nSPS) is 17.7. The van der Waals surface area contributed by atoms with E-state index in [9.17, 15) is 29.6 Å². The van der Waals surface area contributed by atoms with Crippen LogP contribution in [0.2, 0.25) is 5.02 Å². The van der Waals surface area contributed by atoms with Gasteiger partial charge in [-0.25, -0.2) is 0 Å². The number of carbonyl (C=O) groups excluding carboxylic acids is 2. The highest BCUT2D eigenvalue weighted by atomic mass is 35.5. The Morgan fingerprint density at radius 3 is 2.42 bits per heavy atom. The number of benzene rings is 2. The lowest BCUT2D eigenvalue weighted by atomic mass is 9.95. The Bertz CT molecular complexity index is 1100. The molecule has 0 spiro atoms. The molecule has 0 bridgehead atoms. The molecule has 0 saturated carbocycles. The Kier molecular flexibility index (Phi) is 6.36. The first kappa shape index (κ1) is 22.0. The summed E-state index contributed by atoms with van der Waals surface area (Å²) in [5, 5.41) is 31.4. The molecule has 0 aliphatic carbocycles. The molecule has 3 rings (SSSR count). The summed E-state index contributed by atoms with van der Waals surface area (Å²) in [6.45, 7) is -0.0817. The third kappa shape index (κ3) is 4.56. The Hall–Kier alpha value is -3.72. The van der Waals surface area contributed by atoms with E-state index in [4.69, 9.17) is 16.7 Å². The molecule has 1 aliphatic rings. The summed E-state index contributed by atoms with van der Waals surface area (Å²) in [5.41, 5.74) is 0.00543. The van der Waals surface area contributed by atoms with Crippen LogP contribution in [0.4, 0.5) is 5.69 Å². The highest BCUT2D eigenvalue weighted by molar-refractivity contribution is 6.46. The summed E-state index contributed by atoms with van der Waals surface area (Å²) in [5.74, 6) is -3.39. The second-order valence-corrected chi connectivity index (χ2v) is 7.29. The Labute approximate surface area is 181 Å². The van der Waals surface area contributed by atoms with Crippen molar-refractivity contribution in [3.8, 4) is 0 Å². The molecule has 1 saturated heterocycles. The van der Waals surface area contributed by atoms with Crippen molar-refractivity contribution in [2.45, 2.75) is 18.9 Å². The number of carbonyl (C=O) groups is 3. The van der Waals surface area contributed by atoms with Crippen molar-refractivity contribution in [3.63, 3.8) is 0 Å². The van der Waals surface area contributed by atoms with E-state index in [0.29, 0.717) is 5.02 Å². The zero-order valence-corrected chi connectivity index (χ0v) is 16.8. The quantitative estimate of drug-likeness (QED) is 0.219. The van der Waals surface area contributed by atoms with Gasteiger partial charge in [-0.05, 0) is 36.2 Å². The molecule has 0 radical (unpaired) electrons. The second-order valence-electron chi connectivity index (χ2n) is 6.85. The molecule has 1 heterocycles. The Morgan fingerprint density at radius 2 is 1.81 bits per heavy atom. The topological polar surface area (TPSA) is 138 Å². The van der Waals surface area contributed by atoms with E-state index in [1.54, 1.807) is 0 Å². The number of hydrogen-bond donors (Lipinski definition) is 2. The van der Waals surface area contributed by atoms with E-state index in [1.165, 1.54) is 48.5 Å². The van der Waals surface area contributed by atoms with Gasteiger partial charge >= 0.3 is 5.97 Å². The molecule has 1 aliphatic heterocycles. The number of likely N-dealkylation sites (tertiary alicyclic amines) is 1. The first-order chi connectivity index (χ1) is 14.7. The van der Waals surface area contributed by atoms with Gasteiger partial charge < -0.3 is 15.1 Å². The van der Waals surface area contributed by atoms with Gasteiger partial charge in [-0.3, -0.25) is 24.5 Å². The van der Waals surface area contributed by atoms with Crippen LogP contribution in [0.1, 0.15) is 30.0 Å². The fraction of sp³-hybridized carbons (Fsp3) is 0.190. The van der Waals surface area contributed by atoms with Crippen molar-refractivity contribution in [1.82, 2.24) is 4.90 Å². The molecular weight excluding hydrogens is 428 g/mol. The summed E-state index contributed by atoms with van der Waals surface area (Å²) >= 11 is 5.87. The van der Waals surface area contributed by atoms with E-state index in [0.717, 1.165) is 4.90 Å². The maximum atomic E-state index is 12.8. The molecule has 1 atom stereocenters. The van der Waals surface area contributed by atoms with Gasteiger partial charge in [0.05, 0.1) is 16.5 Å². The van der Waals surface area contributed by atoms with E-state index in [2.05, 4.69) is 0 Å². The number of carboxylic acid groups (broad SMARTS) is 1. The summed E-state index contributed by atoms with van der Waals surface area (Å²) < 4.78 is 0. The number of carboxylic acids is 1. The first-order valence-corrected chi connectivity index (χ1v) is 9.59. The predicted octanol–water partition coefficient (Wildman–Crippen LogP) is 3.53. The van der Waals surface area contributed by atoms with Crippen LogP contribution < -0.4 is 0 Å². The third-order valence-corrected chi connectivity index (χ3v) is 5.10. The van der Waals surface area contributed by atoms with Crippen LogP contribution in [0.5, 0.6) is 0 Å². The van der Waals surface area contributed by atoms with Gasteiger partial charge in [0.2, 0.25) is 0 Å². The second kappa shape index (κ2) is 8.97. The van der Waals surface area contributed by atoms with Crippen LogP contribution >= 0.6 is 11.6 Å². The van der Waals surface area contributed by atoms with Gasteiger partial charge in [0.25, 0.3) is 17.4 Å². The molecule has 2 aromatic carbocycles. The lowest BCUT2D eigenvalue weighted by Crippen LogP contribution is -2.31. The van der Waals surface area contributed by atoms with Crippen LogP contribution in [0.3, 0.4) is 0 Å². The number of aliphatic hydroxyl groups excluding tert-OH is 1. The molecule has 2 aromatic rings. The predicted molar refractivity (Wildman–Crippen MR) is 110 cm³/mol. The van der Waals surface area contributed by atoms with Crippen LogP contribution in [0.25, 0.3) is 5.76 Å². The van der Waals surface area contributed by atoms with Crippen LogP contribution in [-0.2, 0) is 14.4 Å². The number of amides is 1. The first-order valence-electron chi connectivity index (χ1n) is 9.21. The average Bonchev–Trinajstić information content (AvgIpc) is 2.98. The monoisotopic (exact) mass is 444 g/mol. The van der Waals surface area contributed by atoms with Crippen LogP contribution in [0, 0.1) is 10.1 Å². The standard InChI is InChI=1S/C21H17ClN2O7/c22-14-8-6-12(7-9-14)19(27)17-18(13-3-1-4-15(11-13)24(30)31)23(21(29)20(17)28)10-2-5-16(25)26/h1,3-4,6-9,11,18,27H,2,5,10H2,(H,25,26). The number of aliphatic hydroxyl groups is 1. The number of Topliss-reactive ketones (excluding diaryl/α,β-unsaturated/α-hetero) is 1. The van der Waals surface area contributed by atoms with Gasteiger partial charge in [-0.15, -0.1) is 0 Å². The molecule has 1 unspecified atom stereocenters. The van der Waals surface area contributed by atoms with Gasteiger partial charge in [-0.1, -0.05) is 23.7 Å². The largest absolute Gasteiger partial charge is 0.507 e. The number of nitro benzene ring substituents is 1. The minimum atomic E-state index is -1.11. The van der Waals surface area contributed by atoms with E-state index < -0.39 is 34.4 Å². The molecule has 160 valence electrons. The number of nitro groups is 1. The highest BCUT2D eigenvalue weighted by Crippen LogP contribution is 2.40. The molecule has 2 N–H and O–H groups in total. The molecule has 31 heavy (non-hydrogen) atoms. The molecule has 10 heteroatoms. The number of rotatable bonds is 7. The van der Waals surface area contributed by atoms with Gasteiger partial charge in [-0.2, -0.15) is 0 Å². The lowest BCUT2D eigenvalue weighted by molar-refractivity contribution is -0.384. The van der Waals surface area contributed by atoms with Crippen molar-refractivity contribution in [1.29, 1.82) is 0 Å². The van der Waals surface area contributed by atoms with Crippen molar-refractivity contribution < 1.29 is 29.5 Å². The molecule has 1 fully saturated rings. The Balaban J connectivity index is 2.14. The zero-order chi connectivity index (χ0) is 22.7. The Morgan fingerprint density at radius 1 is 1.13 bits per heavy atom. The van der Waals surface area contributed by atoms with Crippen molar-refractivity contribution in [2.24, 2.45) is 0 Å². The summed E-state index contributed by atoms with van der Waals surface area (Å²) in [4.78, 5) is 48.1. The number of non-ortho nitro benzene ring substituents is 1. The SMILES string of the molecule is O=C(O)CCCN1C(=O)C(=O)C(=C(O)c2ccc(Cl)cc2)C1c1cccc([N+](=O)[O-])c1. The molecular formula is C21H17ClN2O7. The zero-order valence-electron chi connectivity index (χ0n) is 16.0. The fourth-order valence-electron chi connectivity index (χ4n) is 3.43. The van der Waals surface area contributed by atoms with Gasteiger partial charge in [0, 0.05) is 35.7 Å². The van der Waals surface area contributed by atoms with Gasteiger partial charge in [0.1, 0.15) is 5.76 Å². The molecule has 0 aromatic heterocycles. The van der Waals surface area contributed by atoms with Gasteiger partial charge in [0.15, 0.2) is 0 Å². The number of nitrogens with zero attached hydrogens (tertiary/aromatic N) is 2. The maximum Gasteiger partial charge on any atom is 0.303 e. The maximum absolute atomic E-state index is 12.8. The van der Waals surface area contributed by atoms with Crippen molar-refractivity contribution in [3.05, 3.63) is 80.4 Å². The lowest BCUT2D eigenvalue weighted by Gasteiger charge is -2.25. The number of aliphatic carboxylic acids is 1. The third-order valence-electron chi connectivity index (χ3n) is 4.84. The molecule has 1 amide bonds. The number of ketones is 1. The van der Waals surface area contributed by atoms with Crippen LogP contribution in [0.15, 0.2) is 54.1 Å². The minimum absolute atomic E-state index is 0.0643. The fourth-order valence-corrected chi connectivity index (χ4v) is 3.56. The van der Waals surface area contributed by atoms with E-state index in [1.807, 2.05) is 0 Å². The highest BCUT2D eigenvalue weighted by Gasteiger charge is 2.46. The van der Waals surface area contributed by atoms with Crippen LogP contribution in [-0.4, -0.2) is 44.2 Å². The van der Waals surface area contributed by atoms with Crippen molar-refractivity contribution >= 4 is 40.7 Å². The molecule has 9 nitrogen and oxygen atoms in total. The summed E-state index contributed by atoms with van der Waals surface area (Å²) in [6, 6.07) is 10.2. The number of halogens is 1.